The van der Waals surface area contributed by atoms with Gasteiger partial charge in [-0.1, -0.05) is 25.4 Å². The van der Waals surface area contributed by atoms with Crippen molar-refractivity contribution in [2.75, 3.05) is 36.9 Å². The van der Waals surface area contributed by atoms with Crippen LogP contribution in [0.3, 0.4) is 0 Å². The van der Waals surface area contributed by atoms with Gasteiger partial charge in [-0.3, -0.25) is 4.79 Å². The van der Waals surface area contributed by atoms with Crippen LogP contribution in [0.1, 0.15) is 25.8 Å². The maximum Gasteiger partial charge on any atom is 0.257 e. The molecule has 0 aromatic heterocycles. The lowest BCUT2D eigenvalue weighted by Gasteiger charge is -2.17. The first-order chi connectivity index (χ1) is 13.6. The van der Waals surface area contributed by atoms with Gasteiger partial charge in [0.2, 0.25) is 0 Å². The van der Waals surface area contributed by atoms with E-state index in [9.17, 15) is 4.79 Å². The van der Waals surface area contributed by atoms with Crippen molar-refractivity contribution in [3.8, 4) is 5.75 Å². The summed E-state index contributed by atoms with van der Waals surface area (Å²) in [5.74, 6) is 0.700. The molecule has 0 unspecified atom stereocenters. The van der Waals surface area contributed by atoms with Gasteiger partial charge in [0.1, 0.15) is 5.75 Å². The molecular formula is C22H26ClN3O2. The summed E-state index contributed by atoms with van der Waals surface area (Å²) in [4.78, 5) is 14.6. The summed E-state index contributed by atoms with van der Waals surface area (Å²) in [5.41, 5.74) is 3.02. The highest BCUT2D eigenvalue weighted by atomic mass is 35.5. The van der Waals surface area contributed by atoms with Crippen LogP contribution in [0.4, 0.5) is 11.4 Å². The standard InChI is InChI=1S/C22H26ClN3O2/c1-3-26(4-2)12-5-13-28-18-9-7-17(8-10-18)24-15-20-19-14-16(23)6-11-21(19)25-22(20)27/h6-11,14-15,24H,3-5,12-13H2,1-2H3,(H,25,27)/b20-15+. The van der Waals surface area contributed by atoms with Crippen molar-refractivity contribution in [1.82, 2.24) is 4.90 Å². The zero-order valence-corrected chi connectivity index (χ0v) is 17.1. The van der Waals surface area contributed by atoms with Crippen LogP contribution in [0.15, 0.2) is 48.7 Å². The fourth-order valence-electron chi connectivity index (χ4n) is 3.12. The van der Waals surface area contributed by atoms with E-state index in [1.165, 1.54) is 0 Å². The number of halogens is 1. The third kappa shape index (κ3) is 5.06. The molecular weight excluding hydrogens is 374 g/mol. The Kier molecular flexibility index (Phi) is 6.95. The number of hydrogen-bond donors (Lipinski definition) is 2. The third-order valence-electron chi connectivity index (χ3n) is 4.78. The number of nitrogens with one attached hydrogen (secondary N) is 2. The van der Waals surface area contributed by atoms with Crippen LogP contribution >= 0.6 is 11.6 Å². The van der Waals surface area contributed by atoms with Crippen LogP contribution in [0, 0.1) is 0 Å². The molecule has 0 radical (unpaired) electrons. The molecule has 2 aromatic carbocycles. The van der Waals surface area contributed by atoms with Crippen molar-refractivity contribution in [3.63, 3.8) is 0 Å². The minimum atomic E-state index is -0.141. The molecule has 1 aliphatic rings. The zero-order chi connectivity index (χ0) is 19.9. The molecule has 0 fully saturated rings. The number of nitrogens with zero attached hydrogens (tertiary/aromatic N) is 1. The number of anilines is 2. The SMILES string of the molecule is CCN(CC)CCCOc1ccc(N/C=C2/C(=O)Nc3ccc(Cl)cc32)cc1. The van der Waals surface area contributed by atoms with E-state index in [1.807, 2.05) is 30.3 Å². The van der Waals surface area contributed by atoms with Crippen molar-refractivity contribution >= 4 is 34.5 Å². The van der Waals surface area contributed by atoms with Crippen LogP contribution in [0.5, 0.6) is 5.75 Å². The van der Waals surface area contributed by atoms with Gasteiger partial charge in [0.15, 0.2) is 0 Å². The summed E-state index contributed by atoms with van der Waals surface area (Å²) < 4.78 is 5.81. The molecule has 0 saturated heterocycles. The molecule has 0 saturated carbocycles. The van der Waals surface area contributed by atoms with Gasteiger partial charge in [-0.15, -0.1) is 0 Å². The molecule has 1 amide bonds. The number of fused-ring (bicyclic) bond motifs is 1. The van der Waals surface area contributed by atoms with Gasteiger partial charge >= 0.3 is 0 Å². The number of amides is 1. The Hall–Kier alpha value is -2.50. The van der Waals surface area contributed by atoms with E-state index in [0.29, 0.717) is 17.2 Å². The molecule has 2 N–H and O–H groups in total. The van der Waals surface area contributed by atoms with E-state index < -0.39 is 0 Å². The fraction of sp³-hybridized carbons (Fsp3) is 0.318. The lowest BCUT2D eigenvalue weighted by molar-refractivity contribution is -0.110. The normalized spacial score (nSPS) is 14.3. The first-order valence-electron chi connectivity index (χ1n) is 9.64. The molecule has 0 spiro atoms. The summed E-state index contributed by atoms with van der Waals surface area (Å²) in [6, 6.07) is 13.1. The second-order valence-corrected chi connectivity index (χ2v) is 7.04. The summed E-state index contributed by atoms with van der Waals surface area (Å²) in [7, 11) is 0. The van der Waals surface area contributed by atoms with Gasteiger partial charge in [0.25, 0.3) is 5.91 Å². The second-order valence-electron chi connectivity index (χ2n) is 6.60. The van der Waals surface area contributed by atoms with Crippen LogP contribution in [0.2, 0.25) is 5.02 Å². The molecule has 0 atom stereocenters. The lowest BCUT2D eigenvalue weighted by Crippen LogP contribution is -2.25. The fourth-order valence-corrected chi connectivity index (χ4v) is 3.30. The van der Waals surface area contributed by atoms with Gasteiger partial charge in [0, 0.05) is 34.7 Å². The highest BCUT2D eigenvalue weighted by Gasteiger charge is 2.24. The Morgan fingerprint density at radius 3 is 2.61 bits per heavy atom. The van der Waals surface area contributed by atoms with Gasteiger partial charge in [0.05, 0.1) is 12.2 Å². The van der Waals surface area contributed by atoms with Crippen molar-refractivity contribution in [2.24, 2.45) is 0 Å². The predicted molar refractivity (Wildman–Crippen MR) is 116 cm³/mol. The smallest absolute Gasteiger partial charge is 0.257 e. The first kappa shape index (κ1) is 20.2. The average Bonchev–Trinajstić information content (AvgIpc) is 3.02. The number of ether oxygens (including phenoxy) is 1. The Morgan fingerprint density at radius 1 is 1.14 bits per heavy atom. The molecule has 0 bridgehead atoms. The van der Waals surface area contributed by atoms with E-state index >= 15 is 0 Å². The van der Waals surface area contributed by atoms with Crippen LogP contribution in [-0.2, 0) is 4.79 Å². The number of carbonyl (C=O) groups excluding carboxylic acids is 1. The minimum absolute atomic E-state index is 0.141. The molecule has 28 heavy (non-hydrogen) atoms. The topological polar surface area (TPSA) is 53.6 Å². The van der Waals surface area contributed by atoms with E-state index in [2.05, 4.69) is 29.4 Å². The second kappa shape index (κ2) is 9.62. The Labute approximate surface area is 171 Å². The van der Waals surface area contributed by atoms with Crippen LogP contribution in [-0.4, -0.2) is 37.0 Å². The number of hydrogen-bond acceptors (Lipinski definition) is 4. The molecule has 0 aliphatic carbocycles. The minimum Gasteiger partial charge on any atom is -0.494 e. The monoisotopic (exact) mass is 399 g/mol. The quantitative estimate of drug-likeness (QED) is 0.467. The van der Waals surface area contributed by atoms with Crippen molar-refractivity contribution in [1.29, 1.82) is 0 Å². The van der Waals surface area contributed by atoms with Crippen molar-refractivity contribution in [3.05, 3.63) is 59.3 Å². The third-order valence-corrected chi connectivity index (χ3v) is 5.02. The van der Waals surface area contributed by atoms with E-state index in [4.69, 9.17) is 16.3 Å². The van der Waals surface area contributed by atoms with Gasteiger partial charge < -0.3 is 20.3 Å². The Bertz CT molecular complexity index is 845. The molecule has 2 aromatic rings. The molecule has 148 valence electrons. The number of benzene rings is 2. The van der Waals surface area contributed by atoms with Gasteiger partial charge in [-0.05, 0) is 62.0 Å². The summed E-state index contributed by atoms with van der Waals surface area (Å²) >= 11 is 6.05. The van der Waals surface area contributed by atoms with Gasteiger partial charge in [-0.25, -0.2) is 0 Å². The predicted octanol–water partition coefficient (Wildman–Crippen LogP) is 4.86. The molecule has 1 aliphatic heterocycles. The van der Waals surface area contributed by atoms with E-state index in [-0.39, 0.29) is 5.91 Å². The zero-order valence-electron chi connectivity index (χ0n) is 16.3. The van der Waals surface area contributed by atoms with Gasteiger partial charge in [-0.2, -0.15) is 0 Å². The summed E-state index contributed by atoms with van der Waals surface area (Å²) in [6.07, 6.45) is 2.71. The Balaban J connectivity index is 1.54. The van der Waals surface area contributed by atoms with Crippen LogP contribution < -0.4 is 15.4 Å². The molecule has 5 nitrogen and oxygen atoms in total. The van der Waals surface area contributed by atoms with Crippen LogP contribution in [0.25, 0.3) is 5.57 Å². The Morgan fingerprint density at radius 2 is 1.89 bits per heavy atom. The summed E-state index contributed by atoms with van der Waals surface area (Å²) in [5, 5.41) is 6.61. The van der Waals surface area contributed by atoms with E-state index in [0.717, 1.165) is 48.7 Å². The van der Waals surface area contributed by atoms with Crippen molar-refractivity contribution < 1.29 is 9.53 Å². The summed E-state index contributed by atoms with van der Waals surface area (Å²) in [6.45, 7) is 8.24. The van der Waals surface area contributed by atoms with Crippen molar-refractivity contribution in [2.45, 2.75) is 20.3 Å². The highest BCUT2D eigenvalue weighted by Crippen LogP contribution is 2.33. The molecule has 6 heteroatoms. The maximum absolute atomic E-state index is 12.2. The average molecular weight is 400 g/mol. The maximum atomic E-state index is 12.2. The number of rotatable bonds is 9. The largest absolute Gasteiger partial charge is 0.494 e. The number of carbonyl (C=O) groups is 1. The van der Waals surface area contributed by atoms with E-state index in [1.54, 1.807) is 18.3 Å². The first-order valence-corrected chi connectivity index (χ1v) is 10.0. The lowest BCUT2D eigenvalue weighted by atomic mass is 10.1. The highest BCUT2D eigenvalue weighted by molar-refractivity contribution is 6.34. The molecule has 3 rings (SSSR count). The molecule has 1 heterocycles.